The van der Waals surface area contributed by atoms with Crippen molar-refractivity contribution in [3.8, 4) is 0 Å². The Morgan fingerprint density at radius 3 is 2.78 bits per heavy atom. The maximum absolute atomic E-state index is 3.75. The van der Waals surface area contributed by atoms with Crippen LogP contribution in [0.25, 0.3) is 0 Å². The van der Waals surface area contributed by atoms with E-state index < -0.39 is 0 Å². The van der Waals surface area contributed by atoms with Gasteiger partial charge in [0.1, 0.15) is 0 Å². The minimum Gasteiger partial charge on any atom is -0.340 e. The molecular weight excluding hydrogens is 218 g/mol. The summed E-state index contributed by atoms with van der Waals surface area (Å²) in [7, 11) is 0. The molecule has 0 aromatic rings. The van der Waals surface area contributed by atoms with Gasteiger partial charge in [0.15, 0.2) is 0 Å². The predicted molar refractivity (Wildman–Crippen MR) is 80.6 cm³/mol. The Bertz CT molecular complexity index is 345. The van der Waals surface area contributed by atoms with Crippen molar-refractivity contribution in [2.24, 2.45) is 5.41 Å². The first-order valence-electron chi connectivity index (χ1n) is 7.24. The summed E-state index contributed by atoms with van der Waals surface area (Å²) in [6, 6.07) is 0. The van der Waals surface area contributed by atoms with Crippen LogP contribution >= 0.6 is 0 Å². The number of rotatable bonds is 6. The molecule has 0 aromatic carbocycles. The summed E-state index contributed by atoms with van der Waals surface area (Å²) in [6.45, 7) is 15.2. The molecule has 0 saturated heterocycles. The van der Waals surface area contributed by atoms with E-state index in [9.17, 15) is 0 Å². The van der Waals surface area contributed by atoms with Crippen molar-refractivity contribution < 1.29 is 5.32 Å². The number of hydrogen-bond acceptors (Lipinski definition) is 0. The molecule has 0 saturated carbocycles. The van der Waals surface area contributed by atoms with Crippen molar-refractivity contribution in [3.63, 3.8) is 0 Å². The van der Waals surface area contributed by atoms with Crippen LogP contribution in [0.2, 0.25) is 0 Å². The lowest BCUT2D eigenvalue weighted by molar-refractivity contribution is -0.638. The second-order valence-electron chi connectivity index (χ2n) is 6.27. The first kappa shape index (κ1) is 15.2. The molecule has 0 atom stereocenters. The molecule has 0 amide bonds. The van der Waals surface area contributed by atoms with E-state index in [-0.39, 0.29) is 0 Å². The molecule has 2 N–H and O–H groups in total. The van der Waals surface area contributed by atoms with Crippen LogP contribution in [-0.2, 0) is 0 Å². The van der Waals surface area contributed by atoms with Crippen LogP contribution in [0.4, 0.5) is 0 Å². The van der Waals surface area contributed by atoms with E-state index in [1.165, 1.54) is 24.8 Å². The quantitative estimate of drug-likeness (QED) is 0.546. The number of allylic oxidation sites excluding steroid dienone is 3. The van der Waals surface area contributed by atoms with Crippen molar-refractivity contribution in [2.45, 2.75) is 53.4 Å². The summed E-state index contributed by atoms with van der Waals surface area (Å²) >= 11 is 0. The molecule has 0 spiro atoms. The normalized spacial score (nSPS) is 20.1. The number of quaternary nitrogens is 1. The molecule has 1 heteroatoms. The van der Waals surface area contributed by atoms with E-state index >= 15 is 0 Å². The van der Waals surface area contributed by atoms with E-state index in [0.717, 1.165) is 19.5 Å². The third-order valence-corrected chi connectivity index (χ3v) is 4.14. The van der Waals surface area contributed by atoms with Gasteiger partial charge in [0.2, 0.25) is 0 Å². The highest BCUT2D eigenvalue weighted by Gasteiger charge is 2.27. The van der Waals surface area contributed by atoms with E-state index in [2.05, 4.69) is 45.7 Å². The second-order valence-corrected chi connectivity index (χ2v) is 6.27. The van der Waals surface area contributed by atoms with Crippen LogP contribution in [0, 0.1) is 5.41 Å². The minimum absolute atomic E-state index is 0.407. The fourth-order valence-corrected chi connectivity index (χ4v) is 2.91. The molecule has 0 aliphatic heterocycles. The van der Waals surface area contributed by atoms with Crippen LogP contribution in [0.15, 0.2) is 35.5 Å². The van der Waals surface area contributed by atoms with Crippen molar-refractivity contribution in [2.75, 3.05) is 13.1 Å². The lowest BCUT2D eigenvalue weighted by atomic mass is 9.71. The van der Waals surface area contributed by atoms with Crippen LogP contribution < -0.4 is 5.32 Å². The Morgan fingerprint density at radius 2 is 2.17 bits per heavy atom. The monoisotopic (exact) mass is 248 g/mol. The third kappa shape index (κ3) is 4.45. The topological polar surface area (TPSA) is 16.6 Å². The third-order valence-electron chi connectivity index (χ3n) is 4.14. The molecular formula is C17H30N+. The first-order valence-corrected chi connectivity index (χ1v) is 7.24. The molecule has 1 nitrogen and oxygen atoms in total. The summed E-state index contributed by atoms with van der Waals surface area (Å²) in [5.74, 6) is 0. The van der Waals surface area contributed by atoms with Gasteiger partial charge in [-0.2, -0.15) is 0 Å². The van der Waals surface area contributed by atoms with E-state index in [1.807, 2.05) is 6.08 Å². The summed E-state index contributed by atoms with van der Waals surface area (Å²) in [5.41, 5.74) is 5.20. The van der Waals surface area contributed by atoms with Gasteiger partial charge in [-0.05, 0) is 56.6 Å². The lowest BCUT2D eigenvalue weighted by Crippen LogP contribution is -2.84. The Balaban J connectivity index is 2.60. The standard InChI is InChI=1S/C17H29N/c1-6-12-18-13-14(2)9-10-16-15(3)8-7-11-17(16,4)5/h6,9,18H,1,7-8,10-13H2,2-5H3/p+1/b14-9-. The van der Waals surface area contributed by atoms with Gasteiger partial charge in [0.25, 0.3) is 0 Å². The van der Waals surface area contributed by atoms with Gasteiger partial charge in [-0.1, -0.05) is 37.6 Å². The molecule has 0 heterocycles. The van der Waals surface area contributed by atoms with Crippen molar-refractivity contribution in [3.05, 3.63) is 35.5 Å². The smallest absolute Gasteiger partial charge is 0.0971 e. The van der Waals surface area contributed by atoms with Crippen molar-refractivity contribution >= 4 is 0 Å². The zero-order valence-corrected chi connectivity index (χ0v) is 12.7. The average molecular weight is 248 g/mol. The van der Waals surface area contributed by atoms with Gasteiger partial charge in [0, 0.05) is 0 Å². The molecule has 1 aliphatic carbocycles. The summed E-state index contributed by atoms with van der Waals surface area (Å²) in [6.07, 6.45) is 9.53. The average Bonchev–Trinajstić information content (AvgIpc) is 2.28. The molecule has 18 heavy (non-hydrogen) atoms. The van der Waals surface area contributed by atoms with Gasteiger partial charge in [0.05, 0.1) is 13.1 Å². The van der Waals surface area contributed by atoms with Crippen LogP contribution in [-0.4, -0.2) is 13.1 Å². The van der Waals surface area contributed by atoms with Crippen LogP contribution in [0.3, 0.4) is 0 Å². The van der Waals surface area contributed by atoms with E-state index in [1.54, 1.807) is 11.1 Å². The van der Waals surface area contributed by atoms with Gasteiger partial charge in [-0.3, -0.25) is 0 Å². The SMILES string of the molecule is C=CC[NH2+]C/C(C)=C\CC1=C(C)CCCC1(C)C. The molecule has 0 radical (unpaired) electrons. The first-order chi connectivity index (χ1) is 8.47. The highest BCUT2D eigenvalue weighted by molar-refractivity contribution is 5.25. The molecule has 0 unspecified atom stereocenters. The number of hydrogen-bond donors (Lipinski definition) is 1. The van der Waals surface area contributed by atoms with Crippen molar-refractivity contribution in [1.82, 2.24) is 0 Å². The zero-order valence-electron chi connectivity index (χ0n) is 12.7. The zero-order chi connectivity index (χ0) is 13.6. The molecule has 0 bridgehead atoms. The highest BCUT2D eigenvalue weighted by atomic mass is 14.8. The largest absolute Gasteiger partial charge is 0.340 e. The van der Waals surface area contributed by atoms with Gasteiger partial charge >= 0.3 is 0 Å². The Kier molecular flexibility index (Phi) is 5.87. The molecule has 1 rings (SSSR count). The second kappa shape index (κ2) is 6.94. The summed E-state index contributed by atoms with van der Waals surface area (Å²) < 4.78 is 0. The molecule has 1 aliphatic rings. The molecule has 102 valence electrons. The van der Waals surface area contributed by atoms with Crippen LogP contribution in [0.5, 0.6) is 0 Å². The Hall–Kier alpha value is -0.820. The fourth-order valence-electron chi connectivity index (χ4n) is 2.91. The Morgan fingerprint density at radius 1 is 1.44 bits per heavy atom. The van der Waals surface area contributed by atoms with Gasteiger partial charge < -0.3 is 5.32 Å². The maximum Gasteiger partial charge on any atom is 0.0971 e. The predicted octanol–water partition coefficient (Wildman–Crippen LogP) is 3.60. The maximum atomic E-state index is 3.75. The molecule has 0 fully saturated rings. The lowest BCUT2D eigenvalue weighted by Gasteiger charge is -2.34. The summed E-state index contributed by atoms with van der Waals surface area (Å²) in [5, 5.41) is 2.30. The summed E-state index contributed by atoms with van der Waals surface area (Å²) in [4.78, 5) is 0. The van der Waals surface area contributed by atoms with Crippen molar-refractivity contribution in [1.29, 1.82) is 0 Å². The van der Waals surface area contributed by atoms with E-state index in [4.69, 9.17) is 0 Å². The molecule has 0 aromatic heterocycles. The number of nitrogens with two attached hydrogens (primary N) is 1. The fraction of sp³-hybridized carbons (Fsp3) is 0.647. The Labute approximate surface area is 113 Å². The minimum atomic E-state index is 0.407. The van der Waals surface area contributed by atoms with E-state index in [0.29, 0.717) is 5.41 Å². The van der Waals surface area contributed by atoms with Gasteiger partial charge in [-0.25, -0.2) is 0 Å². The van der Waals surface area contributed by atoms with Gasteiger partial charge in [-0.15, -0.1) is 0 Å². The highest BCUT2D eigenvalue weighted by Crippen LogP contribution is 2.41. The van der Waals surface area contributed by atoms with Crippen LogP contribution in [0.1, 0.15) is 53.4 Å².